The van der Waals surface area contributed by atoms with E-state index < -0.39 is 3.64 Å². The average molecular weight is 274 g/mol. The molecule has 80 valence electrons. The van der Waals surface area contributed by atoms with Gasteiger partial charge in [0.15, 0.2) is 0 Å². The predicted molar refractivity (Wildman–Crippen MR) is 77.9 cm³/mol. The number of hydrogen-bond acceptors (Lipinski definition) is 3. The van der Waals surface area contributed by atoms with E-state index in [1.807, 2.05) is 22.8 Å². The maximum Gasteiger partial charge on any atom is 0.106 e. The van der Waals surface area contributed by atoms with Crippen LogP contribution < -0.4 is 0 Å². The minimum atomic E-state index is -1.44. The topological polar surface area (TPSA) is 0 Å². The zero-order valence-electron chi connectivity index (χ0n) is 8.69. The van der Waals surface area contributed by atoms with E-state index >= 15 is 0 Å². The van der Waals surface area contributed by atoms with Crippen LogP contribution in [-0.2, 0) is 11.8 Å². The van der Waals surface area contributed by atoms with E-state index in [0.717, 1.165) is 23.3 Å². The number of hydrogen-bond donors (Lipinski definition) is 1. The molecule has 0 fully saturated rings. The van der Waals surface area contributed by atoms with Gasteiger partial charge in [0.05, 0.1) is 0 Å². The Morgan fingerprint density at radius 3 is 1.62 bits per heavy atom. The lowest BCUT2D eigenvalue weighted by atomic mass is 10.3. The minimum Gasteiger partial charge on any atom is -0.122 e. The molecule has 0 spiro atoms. The van der Waals surface area contributed by atoms with Crippen molar-refractivity contribution in [2.24, 2.45) is 11.8 Å². The van der Waals surface area contributed by atoms with Crippen molar-refractivity contribution in [3.63, 3.8) is 0 Å². The maximum atomic E-state index is 5.48. The molecule has 0 aromatic heterocycles. The second-order valence-electron chi connectivity index (χ2n) is 3.85. The molecule has 5 heteroatoms. The molecule has 0 aliphatic carbocycles. The van der Waals surface area contributed by atoms with Crippen LogP contribution in [0, 0.1) is 11.8 Å². The van der Waals surface area contributed by atoms with Gasteiger partial charge >= 0.3 is 0 Å². The third-order valence-corrected chi connectivity index (χ3v) is 12.2. The third kappa shape index (κ3) is 9.99. The first kappa shape index (κ1) is 14.7. The SMILES string of the molecule is CC(C)CSP(=S)(S)SCC(C)C. The molecule has 0 atom stereocenters. The van der Waals surface area contributed by atoms with Gasteiger partial charge in [0.2, 0.25) is 0 Å². The first-order valence-corrected chi connectivity index (χ1v) is 11.6. The van der Waals surface area contributed by atoms with E-state index in [1.165, 1.54) is 0 Å². The van der Waals surface area contributed by atoms with E-state index in [4.69, 9.17) is 11.8 Å². The van der Waals surface area contributed by atoms with Gasteiger partial charge < -0.3 is 0 Å². The Bertz CT molecular complexity index is 163. The molecule has 0 N–H and O–H groups in total. The summed E-state index contributed by atoms with van der Waals surface area (Å²) in [6.45, 7) is 8.90. The van der Waals surface area contributed by atoms with Gasteiger partial charge in [-0.2, -0.15) is 0 Å². The van der Waals surface area contributed by atoms with Crippen molar-refractivity contribution in [1.82, 2.24) is 0 Å². The Morgan fingerprint density at radius 2 is 1.38 bits per heavy atom. The zero-order chi connectivity index (χ0) is 10.5. The summed E-state index contributed by atoms with van der Waals surface area (Å²) in [6.07, 6.45) is 0. The smallest absolute Gasteiger partial charge is 0.106 e. The van der Waals surface area contributed by atoms with Gasteiger partial charge in [-0.05, 0) is 11.8 Å². The van der Waals surface area contributed by atoms with Crippen LogP contribution in [0.5, 0.6) is 0 Å². The molecule has 0 saturated carbocycles. The minimum absolute atomic E-state index is 0.721. The molecule has 0 heterocycles. The van der Waals surface area contributed by atoms with Crippen molar-refractivity contribution in [2.75, 3.05) is 11.5 Å². The lowest BCUT2D eigenvalue weighted by molar-refractivity contribution is 0.752. The van der Waals surface area contributed by atoms with Crippen LogP contribution in [0.4, 0.5) is 0 Å². The molecule has 0 radical (unpaired) electrons. The Balaban J connectivity index is 3.74. The monoisotopic (exact) mass is 274 g/mol. The lowest BCUT2D eigenvalue weighted by Crippen LogP contribution is -1.90. The standard InChI is InChI=1S/C8H19PS4/c1-7(2)5-12-9(10,11)13-6-8(3)4/h7-8H,5-6H2,1-4H3,(H,10,11). The molecule has 0 aromatic rings. The molecule has 13 heavy (non-hydrogen) atoms. The van der Waals surface area contributed by atoms with Gasteiger partial charge in [-0.3, -0.25) is 0 Å². The van der Waals surface area contributed by atoms with Gasteiger partial charge in [0.1, 0.15) is 3.64 Å². The second-order valence-corrected chi connectivity index (χ2v) is 18.8. The summed E-state index contributed by atoms with van der Waals surface area (Å²) in [4.78, 5) is 0. The number of rotatable bonds is 6. The summed E-state index contributed by atoms with van der Waals surface area (Å²) >= 11 is 13.8. The van der Waals surface area contributed by atoms with Crippen LogP contribution in [0.2, 0.25) is 0 Å². The summed E-state index contributed by atoms with van der Waals surface area (Å²) in [5.74, 6) is 3.73. The summed E-state index contributed by atoms with van der Waals surface area (Å²) in [6, 6.07) is 0. The Morgan fingerprint density at radius 1 is 1.08 bits per heavy atom. The summed E-state index contributed by atoms with van der Waals surface area (Å²) in [5.41, 5.74) is 0. The fourth-order valence-corrected chi connectivity index (χ4v) is 8.78. The predicted octanol–water partition coefficient (Wildman–Crippen LogP) is 4.92. The summed E-state index contributed by atoms with van der Waals surface area (Å²) < 4.78 is -1.44. The van der Waals surface area contributed by atoms with E-state index in [2.05, 4.69) is 39.9 Å². The second kappa shape index (κ2) is 7.05. The molecule has 0 saturated heterocycles. The third-order valence-electron chi connectivity index (χ3n) is 1.14. The molecular weight excluding hydrogens is 255 g/mol. The molecule has 0 bridgehead atoms. The maximum absolute atomic E-state index is 5.48. The van der Waals surface area contributed by atoms with Gasteiger partial charge in [-0.15, -0.1) is 35.0 Å². The summed E-state index contributed by atoms with van der Waals surface area (Å²) in [5, 5.41) is 0. The Labute approximate surface area is 101 Å². The van der Waals surface area contributed by atoms with Gasteiger partial charge in [-0.1, -0.05) is 39.5 Å². The molecule has 0 aromatic carbocycles. The molecule has 0 nitrogen and oxygen atoms in total. The van der Waals surface area contributed by atoms with Gasteiger partial charge in [-0.25, -0.2) is 0 Å². The number of thiol groups is 1. The van der Waals surface area contributed by atoms with Crippen molar-refractivity contribution in [3.05, 3.63) is 0 Å². The highest BCUT2D eigenvalue weighted by molar-refractivity contribution is 9.20. The first-order valence-electron chi connectivity index (χ1n) is 4.45. The van der Waals surface area contributed by atoms with Crippen LogP contribution in [0.1, 0.15) is 27.7 Å². The van der Waals surface area contributed by atoms with Crippen LogP contribution in [0.3, 0.4) is 0 Å². The Kier molecular flexibility index (Phi) is 7.98. The highest BCUT2D eigenvalue weighted by Crippen LogP contribution is 2.73. The van der Waals surface area contributed by atoms with Crippen molar-refractivity contribution in [2.45, 2.75) is 27.7 Å². The fraction of sp³-hybridized carbons (Fsp3) is 1.00. The lowest BCUT2D eigenvalue weighted by Gasteiger charge is -2.16. The normalized spacial score (nSPS) is 12.8. The molecular formula is C8H19PS4. The molecule has 0 unspecified atom stereocenters. The molecule has 0 aliphatic heterocycles. The quantitative estimate of drug-likeness (QED) is 0.540. The van der Waals surface area contributed by atoms with Crippen LogP contribution in [0.25, 0.3) is 0 Å². The highest BCUT2D eigenvalue weighted by Gasteiger charge is 2.14. The molecule has 0 rings (SSSR count). The Hall–Kier alpha value is 1.70. The van der Waals surface area contributed by atoms with Gasteiger partial charge in [0, 0.05) is 11.5 Å². The highest BCUT2D eigenvalue weighted by atomic mass is 33.5. The van der Waals surface area contributed by atoms with Crippen LogP contribution >= 0.6 is 38.7 Å². The molecule has 0 aliphatic rings. The van der Waals surface area contributed by atoms with Crippen LogP contribution in [0.15, 0.2) is 0 Å². The first-order chi connectivity index (χ1) is 5.83. The van der Waals surface area contributed by atoms with E-state index in [0.29, 0.717) is 0 Å². The molecule has 0 amide bonds. The largest absolute Gasteiger partial charge is 0.122 e. The van der Waals surface area contributed by atoms with Crippen molar-refractivity contribution >= 4 is 50.5 Å². The van der Waals surface area contributed by atoms with E-state index in [-0.39, 0.29) is 0 Å². The van der Waals surface area contributed by atoms with Gasteiger partial charge in [0.25, 0.3) is 0 Å². The summed E-state index contributed by atoms with van der Waals surface area (Å²) in [7, 11) is 0. The fourth-order valence-electron chi connectivity index (χ4n) is 0.524. The van der Waals surface area contributed by atoms with Crippen LogP contribution in [-0.4, -0.2) is 11.5 Å². The van der Waals surface area contributed by atoms with Crippen molar-refractivity contribution in [1.29, 1.82) is 0 Å². The van der Waals surface area contributed by atoms with Crippen molar-refractivity contribution in [3.8, 4) is 0 Å². The van der Waals surface area contributed by atoms with E-state index in [1.54, 1.807) is 0 Å². The average Bonchev–Trinajstić information content (AvgIpc) is 1.98. The zero-order valence-corrected chi connectivity index (χ0v) is 12.9. The van der Waals surface area contributed by atoms with Crippen molar-refractivity contribution < 1.29 is 0 Å². The van der Waals surface area contributed by atoms with E-state index in [9.17, 15) is 0 Å².